The third-order valence-corrected chi connectivity index (χ3v) is 6.75. The highest BCUT2D eigenvalue weighted by Gasteiger charge is 2.49. The number of fused-ring (bicyclic) bond motifs is 4. The third kappa shape index (κ3) is 4.10. The number of piperidine rings is 3. The zero-order chi connectivity index (χ0) is 20.5. The van der Waals surface area contributed by atoms with Crippen LogP contribution in [0.25, 0.3) is 0 Å². The lowest BCUT2D eigenvalue weighted by Crippen LogP contribution is -2.66. The summed E-state index contributed by atoms with van der Waals surface area (Å²) >= 11 is 0. The molecule has 158 valence electrons. The Hall–Kier alpha value is -2.15. The quantitative estimate of drug-likeness (QED) is 0.819. The fraction of sp³-hybridized carbons (Fsp3) is 0.636. The van der Waals surface area contributed by atoms with Gasteiger partial charge in [0, 0.05) is 45.6 Å². The number of hydrogen-bond donors (Lipinski definition) is 1. The van der Waals surface area contributed by atoms with Gasteiger partial charge in [-0.05, 0) is 48.8 Å². The molecule has 3 aliphatic rings. The van der Waals surface area contributed by atoms with Gasteiger partial charge in [0.2, 0.25) is 11.8 Å². The number of methoxy groups -OCH3 is 1. The van der Waals surface area contributed by atoms with Gasteiger partial charge in [0.25, 0.3) is 0 Å². The highest BCUT2D eigenvalue weighted by Crippen LogP contribution is 2.41. The van der Waals surface area contributed by atoms with E-state index in [1.807, 2.05) is 6.07 Å². The zero-order valence-electron chi connectivity index (χ0n) is 17.2. The van der Waals surface area contributed by atoms with Gasteiger partial charge in [0.15, 0.2) is 11.6 Å². The first-order valence-corrected chi connectivity index (χ1v) is 10.6. The van der Waals surface area contributed by atoms with Crippen molar-refractivity contribution in [3.8, 4) is 5.75 Å². The summed E-state index contributed by atoms with van der Waals surface area (Å²) in [5, 5.41) is 2.95. The Balaban J connectivity index is 1.53. The van der Waals surface area contributed by atoms with Crippen molar-refractivity contribution < 1.29 is 18.7 Å². The summed E-state index contributed by atoms with van der Waals surface area (Å²) < 4.78 is 18.9. The van der Waals surface area contributed by atoms with Crippen LogP contribution in [0, 0.1) is 17.7 Å². The molecule has 3 aliphatic heterocycles. The van der Waals surface area contributed by atoms with E-state index in [2.05, 4.69) is 15.1 Å². The van der Waals surface area contributed by atoms with Crippen LogP contribution in [-0.4, -0.2) is 60.4 Å². The highest BCUT2D eigenvalue weighted by molar-refractivity contribution is 5.78. The molecular weight excluding hydrogens is 373 g/mol. The summed E-state index contributed by atoms with van der Waals surface area (Å²) in [7, 11) is 1.48. The van der Waals surface area contributed by atoms with Crippen molar-refractivity contribution in [2.75, 3.05) is 26.7 Å². The molecule has 0 aromatic heterocycles. The van der Waals surface area contributed by atoms with Crippen LogP contribution in [0.15, 0.2) is 18.2 Å². The number of nitrogens with zero attached hydrogens (tertiary/aromatic N) is 2. The van der Waals surface area contributed by atoms with Crippen LogP contribution in [0.2, 0.25) is 0 Å². The molecule has 2 amide bonds. The van der Waals surface area contributed by atoms with Gasteiger partial charge in [0.1, 0.15) is 0 Å². The van der Waals surface area contributed by atoms with E-state index in [9.17, 15) is 14.0 Å². The summed E-state index contributed by atoms with van der Waals surface area (Å²) in [6.07, 6.45) is 3.70. The normalized spacial score (nSPS) is 29.3. The van der Waals surface area contributed by atoms with Crippen molar-refractivity contribution in [2.24, 2.45) is 11.8 Å². The molecular formula is C22H30FN3O3. The van der Waals surface area contributed by atoms with E-state index in [1.54, 1.807) is 6.07 Å². The lowest BCUT2D eigenvalue weighted by Gasteiger charge is -2.56. The SMILES string of the molecule is COc1cc(CN2C[C@H]3C[C@@H](C2)[C@H](CNC(C)=O)N2C(=O)CCC[C@@H]32)ccc1F. The Kier molecular flexibility index (Phi) is 5.76. The highest BCUT2D eigenvalue weighted by atomic mass is 19.1. The molecule has 0 spiro atoms. The van der Waals surface area contributed by atoms with E-state index in [0.29, 0.717) is 24.8 Å². The van der Waals surface area contributed by atoms with Crippen LogP contribution < -0.4 is 10.1 Å². The first-order valence-electron chi connectivity index (χ1n) is 10.6. The van der Waals surface area contributed by atoms with E-state index in [0.717, 1.165) is 44.5 Å². The number of carbonyl (C=O) groups excluding carboxylic acids is 2. The van der Waals surface area contributed by atoms with Crippen molar-refractivity contribution >= 4 is 11.8 Å². The Bertz CT molecular complexity index is 787. The first kappa shape index (κ1) is 20.1. The Labute approximate surface area is 171 Å². The minimum absolute atomic E-state index is 0.0542. The molecule has 2 bridgehead atoms. The largest absolute Gasteiger partial charge is 0.494 e. The Morgan fingerprint density at radius 3 is 2.86 bits per heavy atom. The number of nitrogens with one attached hydrogen (secondary N) is 1. The molecule has 4 rings (SSSR count). The summed E-state index contributed by atoms with van der Waals surface area (Å²) in [4.78, 5) is 28.8. The number of rotatable bonds is 5. The molecule has 1 aromatic rings. The summed E-state index contributed by atoms with van der Waals surface area (Å²) in [5.41, 5.74) is 1.03. The van der Waals surface area contributed by atoms with E-state index < -0.39 is 0 Å². The molecule has 4 atom stereocenters. The smallest absolute Gasteiger partial charge is 0.223 e. The number of likely N-dealkylation sites (tertiary alicyclic amines) is 1. The monoisotopic (exact) mass is 403 g/mol. The molecule has 29 heavy (non-hydrogen) atoms. The maximum absolute atomic E-state index is 13.7. The Morgan fingerprint density at radius 2 is 2.10 bits per heavy atom. The molecule has 1 aromatic carbocycles. The third-order valence-electron chi connectivity index (χ3n) is 6.75. The molecule has 1 N–H and O–H groups in total. The molecule has 0 radical (unpaired) electrons. The van der Waals surface area contributed by atoms with Crippen molar-refractivity contribution in [1.82, 2.24) is 15.1 Å². The average molecular weight is 403 g/mol. The molecule has 3 heterocycles. The van der Waals surface area contributed by atoms with E-state index >= 15 is 0 Å². The van der Waals surface area contributed by atoms with Gasteiger partial charge in [-0.3, -0.25) is 14.5 Å². The van der Waals surface area contributed by atoms with Crippen molar-refractivity contribution in [3.63, 3.8) is 0 Å². The Morgan fingerprint density at radius 1 is 1.31 bits per heavy atom. The van der Waals surface area contributed by atoms with Crippen LogP contribution in [0.1, 0.15) is 38.2 Å². The molecule has 3 fully saturated rings. The summed E-state index contributed by atoms with van der Waals surface area (Å²) in [6, 6.07) is 5.36. The average Bonchev–Trinajstić information content (AvgIpc) is 2.69. The standard InChI is InChI=1S/C22H30FN3O3/c1-14(27)24-10-20-17-9-16(19-4-3-5-22(28)26(19)20)12-25(13-17)11-15-6-7-18(23)21(8-15)29-2/h6-8,16-17,19-20H,3-5,9-13H2,1-2H3,(H,24,27)/t16-,17+,19+,20+/m1/s1. The summed E-state index contributed by atoms with van der Waals surface area (Å²) in [5.74, 6) is 0.892. The fourth-order valence-corrected chi connectivity index (χ4v) is 5.57. The number of carbonyl (C=O) groups is 2. The number of hydrogen-bond acceptors (Lipinski definition) is 4. The van der Waals surface area contributed by atoms with E-state index in [4.69, 9.17) is 4.74 Å². The van der Waals surface area contributed by atoms with Crippen LogP contribution in [-0.2, 0) is 16.1 Å². The minimum atomic E-state index is -0.349. The maximum Gasteiger partial charge on any atom is 0.223 e. The van der Waals surface area contributed by atoms with Crippen molar-refractivity contribution in [1.29, 1.82) is 0 Å². The van der Waals surface area contributed by atoms with E-state index in [1.165, 1.54) is 20.1 Å². The van der Waals surface area contributed by atoms with Crippen LogP contribution in [0.3, 0.4) is 0 Å². The van der Waals surface area contributed by atoms with Gasteiger partial charge in [-0.25, -0.2) is 4.39 Å². The molecule has 0 aliphatic carbocycles. The molecule has 3 saturated heterocycles. The maximum atomic E-state index is 13.7. The second kappa shape index (κ2) is 8.30. The van der Waals surface area contributed by atoms with Gasteiger partial charge >= 0.3 is 0 Å². The second-order valence-electron chi connectivity index (χ2n) is 8.68. The van der Waals surface area contributed by atoms with E-state index in [-0.39, 0.29) is 35.5 Å². The molecule has 0 saturated carbocycles. The molecule has 6 nitrogen and oxygen atoms in total. The van der Waals surface area contributed by atoms with Crippen LogP contribution in [0.4, 0.5) is 4.39 Å². The lowest BCUT2D eigenvalue weighted by molar-refractivity contribution is -0.153. The predicted octanol–water partition coefficient (Wildman–Crippen LogP) is 2.17. The first-order chi connectivity index (χ1) is 14.0. The van der Waals surface area contributed by atoms with Gasteiger partial charge < -0.3 is 15.0 Å². The fourth-order valence-electron chi connectivity index (χ4n) is 5.57. The van der Waals surface area contributed by atoms with Crippen molar-refractivity contribution in [3.05, 3.63) is 29.6 Å². The van der Waals surface area contributed by atoms with Crippen molar-refractivity contribution in [2.45, 2.75) is 51.2 Å². The number of halogens is 1. The number of benzene rings is 1. The van der Waals surface area contributed by atoms with Gasteiger partial charge in [-0.1, -0.05) is 6.07 Å². The topological polar surface area (TPSA) is 61.9 Å². The number of ether oxygens (including phenoxy) is 1. The van der Waals surface area contributed by atoms with Gasteiger partial charge in [-0.2, -0.15) is 0 Å². The molecule has 7 heteroatoms. The lowest BCUT2D eigenvalue weighted by atomic mass is 9.72. The van der Waals surface area contributed by atoms with Gasteiger partial charge in [0.05, 0.1) is 13.2 Å². The number of amides is 2. The zero-order valence-corrected chi connectivity index (χ0v) is 17.2. The predicted molar refractivity (Wildman–Crippen MR) is 107 cm³/mol. The summed E-state index contributed by atoms with van der Waals surface area (Å²) in [6.45, 7) is 4.59. The van der Waals surface area contributed by atoms with Crippen LogP contribution >= 0.6 is 0 Å². The second-order valence-corrected chi connectivity index (χ2v) is 8.68. The minimum Gasteiger partial charge on any atom is -0.494 e. The molecule has 0 unspecified atom stereocenters. The van der Waals surface area contributed by atoms with Crippen LogP contribution in [0.5, 0.6) is 5.75 Å². The van der Waals surface area contributed by atoms with Gasteiger partial charge in [-0.15, -0.1) is 0 Å².